The standard InChI is InChI=1S/C10H16N4O3S/c15-18(16,12-4-6-17-7-5-12)13-8-10(9-13)14-3-1-2-11-14/h1-3,10H,4-9H2. The highest BCUT2D eigenvalue weighted by Gasteiger charge is 2.40. The Labute approximate surface area is 106 Å². The maximum absolute atomic E-state index is 12.2. The van der Waals surface area contributed by atoms with Crippen LogP contribution in [0.25, 0.3) is 0 Å². The lowest BCUT2D eigenvalue weighted by Gasteiger charge is -2.41. The minimum atomic E-state index is -3.30. The Morgan fingerprint density at radius 1 is 1.17 bits per heavy atom. The first-order valence-corrected chi connectivity index (χ1v) is 7.40. The van der Waals surface area contributed by atoms with E-state index >= 15 is 0 Å². The van der Waals surface area contributed by atoms with Crippen LogP contribution in [-0.2, 0) is 14.9 Å². The zero-order valence-electron chi connectivity index (χ0n) is 9.97. The number of hydrogen-bond acceptors (Lipinski definition) is 4. The van der Waals surface area contributed by atoms with Crippen molar-refractivity contribution in [2.75, 3.05) is 39.4 Å². The summed E-state index contributed by atoms with van der Waals surface area (Å²) in [6.45, 7) is 2.87. The largest absolute Gasteiger partial charge is 0.379 e. The van der Waals surface area contributed by atoms with E-state index in [1.165, 1.54) is 8.61 Å². The van der Waals surface area contributed by atoms with Crippen LogP contribution < -0.4 is 0 Å². The molecule has 0 N–H and O–H groups in total. The predicted octanol–water partition coefficient (Wildman–Crippen LogP) is -0.683. The summed E-state index contributed by atoms with van der Waals surface area (Å²) in [7, 11) is -3.30. The van der Waals surface area contributed by atoms with Crippen LogP contribution in [0.5, 0.6) is 0 Å². The van der Waals surface area contributed by atoms with Crippen LogP contribution in [0.2, 0.25) is 0 Å². The summed E-state index contributed by atoms with van der Waals surface area (Å²) in [5.41, 5.74) is 0. The summed E-state index contributed by atoms with van der Waals surface area (Å²) in [5, 5.41) is 4.13. The molecule has 0 unspecified atom stereocenters. The summed E-state index contributed by atoms with van der Waals surface area (Å²) in [4.78, 5) is 0. The van der Waals surface area contributed by atoms with Crippen LogP contribution in [0.3, 0.4) is 0 Å². The molecule has 0 aliphatic carbocycles. The Morgan fingerprint density at radius 3 is 2.50 bits per heavy atom. The zero-order valence-corrected chi connectivity index (χ0v) is 10.8. The molecule has 8 heteroatoms. The fourth-order valence-electron chi connectivity index (χ4n) is 2.21. The zero-order chi connectivity index (χ0) is 12.6. The van der Waals surface area contributed by atoms with Gasteiger partial charge in [-0.1, -0.05) is 0 Å². The molecule has 7 nitrogen and oxygen atoms in total. The van der Waals surface area contributed by atoms with E-state index in [2.05, 4.69) is 5.10 Å². The number of rotatable bonds is 3. The maximum atomic E-state index is 12.2. The van der Waals surface area contributed by atoms with Crippen molar-refractivity contribution in [3.63, 3.8) is 0 Å². The van der Waals surface area contributed by atoms with Gasteiger partial charge in [0.15, 0.2) is 0 Å². The second-order valence-electron chi connectivity index (χ2n) is 4.48. The number of hydrogen-bond donors (Lipinski definition) is 0. The fraction of sp³-hybridized carbons (Fsp3) is 0.700. The van der Waals surface area contributed by atoms with Gasteiger partial charge in [-0.05, 0) is 6.07 Å². The molecule has 1 aromatic rings. The van der Waals surface area contributed by atoms with Crippen molar-refractivity contribution in [3.05, 3.63) is 18.5 Å². The molecule has 0 aromatic carbocycles. The third-order valence-electron chi connectivity index (χ3n) is 3.35. The second-order valence-corrected chi connectivity index (χ2v) is 6.40. The molecule has 2 fully saturated rings. The smallest absolute Gasteiger partial charge is 0.282 e. The molecule has 0 amide bonds. The van der Waals surface area contributed by atoms with Gasteiger partial charge >= 0.3 is 0 Å². The van der Waals surface area contributed by atoms with E-state index in [-0.39, 0.29) is 6.04 Å². The molecule has 18 heavy (non-hydrogen) atoms. The van der Waals surface area contributed by atoms with Gasteiger partial charge in [0.1, 0.15) is 0 Å². The first-order chi connectivity index (χ1) is 8.68. The molecule has 2 aliphatic heterocycles. The molecule has 2 saturated heterocycles. The monoisotopic (exact) mass is 272 g/mol. The first-order valence-electron chi connectivity index (χ1n) is 6.00. The molecule has 2 aliphatic rings. The Morgan fingerprint density at radius 2 is 1.89 bits per heavy atom. The van der Waals surface area contributed by atoms with Crippen LogP contribution in [0.4, 0.5) is 0 Å². The average molecular weight is 272 g/mol. The summed E-state index contributed by atoms with van der Waals surface area (Å²) in [6, 6.07) is 2.01. The third-order valence-corrected chi connectivity index (χ3v) is 5.32. The minimum absolute atomic E-state index is 0.163. The Hall–Kier alpha value is -0.960. The summed E-state index contributed by atoms with van der Waals surface area (Å²) in [6.07, 6.45) is 3.57. The van der Waals surface area contributed by atoms with Crippen molar-refractivity contribution >= 4 is 10.2 Å². The van der Waals surface area contributed by atoms with Gasteiger partial charge in [0.05, 0.1) is 19.3 Å². The van der Waals surface area contributed by atoms with E-state index in [9.17, 15) is 8.42 Å². The van der Waals surface area contributed by atoms with E-state index in [0.717, 1.165) is 0 Å². The molecular formula is C10H16N4O3S. The van der Waals surface area contributed by atoms with Gasteiger partial charge in [-0.15, -0.1) is 0 Å². The summed E-state index contributed by atoms with van der Waals surface area (Å²) >= 11 is 0. The topological polar surface area (TPSA) is 67.7 Å². The van der Waals surface area contributed by atoms with Crippen LogP contribution in [0.1, 0.15) is 6.04 Å². The molecule has 0 saturated carbocycles. The maximum Gasteiger partial charge on any atom is 0.282 e. The molecular weight excluding hydrogens is 256 g/mol. The molecule has 0 radical (unpaired) electrons. The Bertz CT molecular complexity index is 489. The number of ether oxygens (including phenoxy) is 1. The summed E-state index contributed by atoms with van der Waals surface area (Å²) in [5.74, 6) is 0. The van der Waals surface area contributed by atoms with E-state index in [0.29, 0.717) is 39.4 Å². The lowest BCUT2D eigenvalue weighted by molar-refractivity contribution is 0.0663. The lowest BCUT2D eigenvalue weighted by Crippen LogP contribution is -2.57. The molecule has 3 rings (SSSR count). The van der Waals surface area contributed by atoms with E-state index < -0.39 is 10.2 Å². The number of morpholine rings is 1. The SMILES string of the molecule is O=S(=O)(N1CCOCC1)N1CC(n2cccn2)C1. The molecule has 0 spiro atoms. The quantitative estimate of drug-likeness (QED) is 0.731. The minimum Gasteiger partial charge on any atom is -0.379 e. The van der Waals surface area contributed by atoms with Gasteiger partial charge in [-0.25, -0.2) is 0 Å². The Balaban J connectivity index is 1.63. The van der Waals surface area contributed by atoms with Crippen molar-refractivity contribution in [2.24, 2.45) is 0 Å². The van der Waals surface area contributed by atoms with Crippen molar-refractivity contribution < 1.29 is 13.2 Å². The third kappa shape index (κ3) is 2.05. The van der Waals surface area contributed by atoms with Gasteiger partial charge in [-0.3, -0.25) is 4.68 Å². The lowest BCUT2D eigenvalue weighted by atomic mass is 10.2. The van der Waals surface area contributed by atoms with Gasteiger partial charge in [0, 0.05) is 38.6 Å². The molecule has 0 bridgehead atoms. The van der Waals surface area contributed by atoms with Crippen LogP contribution in [-0.4, -0.2) is 66.2 Å². The molecule has 0 atom stereocenters. The van der Waals surface area contributed by atoms with Crippen molar-refractivity contribution in [1.29, 1.82) is 0 Å². The van der Waals surface area contributed by atoms with Gasteiger partial charge in [0.25, 0.3) is 10.2 Å². The predicted molar refractivity (Wildman–Crippen MR) is 64.1 cm³/mol. The highest BCUT2D eigenvalue weighted by atomic mass is 32.2. The highest BCUT2D eigenvalue weighted by molar-refractivity contribution is 7.86. The summed E-state index contributed by atoms with van der Waals surface area (Å²) < 4.78 is 34.5. The van der Waals surface area contributed by atoms with Gasteiger partial charge < -0.3 is 4.74 Å². The van der Waals surface area contributed by atoms with Crippen molar-refractivity contribution in [2.45, 2.75) is 6.04 Å². The van der Waals surface area contributed by atoms with E-state index in [1.54, 1.807) is 6.20 Å². The number of aromatic nitrogens is 2. The van der Waals surface area contributed by atoms with Crippen LogP contribution in [0, 0.1) is 0 Å². The fourth-order valence-corrected chi connectivity index (χ4v) is 3.87. The highest BCUT2D eigenvalue weighted by Crippen LogP contribution is 2.25. The number of nitrogens with zero attached hydrogens (tertiary/aromatic N) is 4. The Kier molecular flexibility index (Phi) is 3.10. The second kappa shape index (κ2) is 4.61. The van der Waals surface area contributed by atoms with E-state index in [4.69, 9.17) is 4.74 Å². The molecule has 100 valence electrons. The van der Waals surface area contributed by atoms with E-state index in [1.807, 2.05) is 16.9 Å². The average Bonchev–Trinajstić information content (AvgIpc) is 2.81. The first kappa shape index (κ1) is 12.1. The van der Waals surface area contributed by atoms with Gasteiger partial charge in [-0.2, -0.15) is 22.1 Å². The van der Waals surface area contributed by atoms with Crippen LogP contribution >= 0.6 is 0 Å². The van der Waals surface area contributed by atoms with Crippen molar-refractivity contribution in [1.82, 2.24) is 18.4 Å². The van der Waals surface area contributed by atoms with Crippen molar-refractivity contribution in [3.8, 4) is 0 Å². The van der Waals surface area contributed by atoms with Crippen LogP contribution in [0.15, 0.2) is 18.5 Å². The molecule has 3 heterocycles. The normalized spacial score (nSPS) is 24.0. The molecule has 1 aromatic heterocycles. The van der Waals surface area contributed by atoms with Gasteiger partial charge in [0.2, 0.25) is 0 Å².